The average Bonchev–Trinajstić information content (AvgIpc) is 2.87. The molecular weight excluding hydrogens is 417 g/mol. The maximum Gasteiger partial charge on any atom is 0.331 e. The summed E-state index contributed by atoms with van der Waals surface area (Å²) in [6.45, 7) is 4.72. The van der Waals surface area contributed by atoms with Gasteiger partial charge in [0, 0.05) is 52.1 Å². The standard InChI is InChI=1S/C21H23N2O3.Y/c1-15(2)17-10-7-11-18(12-17)23-19(20(24)22(3)21(23)25)14-26-13-16-8-5-4-6-9-16;/h4-5,7-12,15,19H,13-14H2,1-3H3;/q-1;. The Balaban J connectivity index is 0.00000261. The molecule has 5 nitrogen and oxygen atoms in total. The number of urea groups is 1. The molecule has 2 aromatic rings. The van der Waals surface area contributed by atoms with Gasteiger partial charge < -0.3 is 4.74 Å². The van der Waals surface area contributed by atoms with E-state index in [-0.39, 0.29) is 51.3 Å². The fourth-order valence-electron chi connectivity index (χ4n) is 3.00. The van der Waals surface area contributed by atoms with E-state index < -0.39 is 6.04 Å². The molecule has 1 saturated heterocycles. The summed E-state index contributed by atoms with van der Waals surface area (Å²) in [6, 6.07) is 17.3. The van der Waals surface area contributed by atoms with Crippen molar-refractivity contribution in [2.24, 2.45) is 0 Å². The topological polar surface area (TPSA) is 49.9 Å². The molecule has 0 N–H and O–H groups in total. The van der Waals surface area contributed by atoms with E-state index in [9.17, 15) is 9.59 Å². The minimum atomic E-state index is -0.650. The molecule has 0 spiro atoms. The first-order chi connectivity index (χ1) is 12.5. The second-order valence-corrected chi connectivity index (χ2v) is 6.74. The van der Waals surface area contributed by atoms with E-state index in [0.717, 1.165) is 21.7 Å². The van der Waals surface area contributed by atoms with Crippen molar-refractivity contribution >= 4 is 17.6 Å². The van der Waals surface area contributed by atoms with Crippen LogP contribution >= 0.6 is 0 Å². The van der Waals surface area contributed by atoms with E-state index in [0.29, 0.717) is 12.5 Å². The van der Waals surface area contributed by atoms with Crippen molar-refractivity contribution in [3.05, 3.63) is 65.7 Å². The first-order valence-electron chi connectivity index (χ1n) is 8.72. The molecule has 1 aliphatic rings. The third-order valence-corrected chi connectivity index (χ3v) is 4.55. The largest absolute Gasteiger partial charge is 0.386 e. The molecule has 1 fully saturated rings. The van der Waals surface area contributed by atoms with Gasteiger partial charge in [0.1, 0.15) is 6.04 Å². The molecule has 27 heavy (non-hydrogen) atoms. The third kappa shape index (κ3) is 4.84. The van der Waals surface area contributed by atoms with Crippen LogP contribution in [-0.4, -0.2) is 36.5 Å². The van der Waals surface area contributed by atoms with Crippen molar-refractivity contribution in [3.8, 4) is 0 Å². The number of imide groups is 1. The van der Waals surface area contributed by atoms with Gasteiger partial charge in [-0.05, 0) is 23.6 Å². The number of rotatable bonds is 6. The number of hydrogen-bond acceptors (Lipinski definition) is 3. The number of benzene rings is 2. The summed E-state index contributed by atoms with van der Waals surface area (Å²) in [6.07, 6.45) is 0. The van der Waals surface area contributed by atoms with Crippen molar-refractivity contribution in [2.45, 2.75) is 32.4 Å². The number of carbonyl (C=O) groups is 2. The fourth-order valence-corrected chi connectivity index (χ4v) is 3.00. The van der Waals surface area contributed by atoms with Gasteiger partial charge in [0.25, 0.3) is 5.91 Å². The minimum absolute atomic E-state index is 0. The molecule has 3 rings (SSSR count). The van der Waals surface area contributed by atoms with Gasteiger partial charge in [-0.3, -0.25) is 14.6 Å². The summed E-state index contributed by atoms with van der Waals surface area (Å²) >= 11 is 0. The molecule has 0 aromatic heterocycles. The molecule has 1 heterocycles. The number of nitrogens with zero attached hydrogens (tertiary/aromatic N) is 2. The second-order valence-electron chi connectivity index (χ2n) is 6.74. The molecule has 0 bridgehead atoms. The number of hydrogen-bond donors (Lipinski definition) is 0. The van der Waals surface area contributed by atoms with Crippen LogP contribution in [0.5, 0.6) is 0 Å². The van der Waals surface area contributed by atoms with Crippen LogP contribution in [0, 0.1) is 6.07 Å². The zero-order valence-electron chi connectivity index (χ0n) is 15.9. The molecule has 3 amide bonds. The molecule has 2 aromatic carbocycles. The SMILES string of the molecule is CC(C)c1cccc(N2C(=O)N(C)C(=O)C2COCc2c[c-]ccc2)c1.[Y]. The summed E-state index contributed by atoms with van der Waals surface area (Å²) in [5.41, 5.74) is 2.82. The van der Waals surface area contributed by atoms with Crippen molar-refractivity contribution < 1.29 is 47.0 Å². The van der Waals surface area contributed by atoms with E-state index >= 15 is 0 Å². The predicted molar refractivity (Wildman–Crippen MR) is 99.9 cm³/mol. The van der Waals surface area contributed by atoms with Gasteiger partial charge in [0.05, 0.1) is 6.61 Å². The molecule has 1 aliphatic heterocycles. The first kappa shape index (κ1) is 21.7. The van der Waals surface area contributed by atoms with Gasteiger partial charge in [0.2, 0.25) is 0 Å². The van der Waals surface area contributed by atoms with Gasteiger partial charge >= 0.3 is 6.03 Å². The summed E-state index contributed by atoms with van der Waals surface area (Å²) in [5, 5.41) is 0. The van der Waals surface area contributed by atoms with Gasteiger partial charge in [-0.25, -0.2) is 4.79 Å². The molecule has 1 radical (unpaired) electrons. The van der Waals surface area contributed by atoms with Crippen molar-refractivity contribution in [1.29, 1.82) is 0 Å². The van der Waals surface area contributed by atoms with Crippen LogP contribution < -0.4 is 4.90 Å². The van der Waals surface area contributed by atoms with Gasteiger partial charge in [0.15, 0.2) is 0 Å². The summed E-state index contributed by atoms with van der Waals surface area (Å²) < 4.78 is 5.74. The Bertz CT molecular complexity index is 795. The Morgan fingerprint density at radius 2 is 1.96 bits per heavy atom. The quantitative estimate of drug-likeness (QED) is 0.510. The fraction of sp³-hybridized carbons (Fsp3) is 0.333. The normalized spacial score (nSPS) is 16.8. The van der Waals surface area contributed by atoms with Crippen LogP contribution in [0.3, 0.4) is 0 Å². The molecule has 0 saturated carbocycles. The number of likely N-dealkylation sites (N-methyl/N-ethyl adjacent to an activating group) is 1. The van der Waals surface area contributed by atoms with Crippen molar-refractivity contribution in [2.75, 3.05) is 18.6 Å². The minimum Gasteiger partial charge on any atom is -0.386 e. The van der Waals surface area contributed by atoms with E-state index in [1.807, 2.05) is 48.5 Å². The van der Waals surface area contributed by atoms with Crippen molar-refractivity contribution in [3.63, 3.8) is 0 Å². The van der Waals surface area contributed by atoms with Crippen molar-refractivity contribution in [1.82, 2.24) is 4.90 Å². The zero-order chi connectivity index (χ0) is 18.7. The summed E-state index contributed by atoms with van der Waals surface area (Å²) in [7, 11) is 1.51. The Labute approximate surface area is 185 Å². The van der Waals surface area contributed by atoms with E-state index in [4.69, 9.17) is 4.74 Å². The summed E-state index contributed by atoms with van der Waals surface area (Å²) in [4.78, 5) is 27.8. The predicted octanol–water partition coefficient (Wildman–Crippen LogP) is 3.59. The van der Waals surface area contributed by atoms with Gasteiger partial charge in [-0.15, -0.1) is 5.56 Å². The van der Waals surface area contributed by atoms with Crippen LogP contribution in [0.25, 0.3) is 0 Å². The first-order valence-corrected chi connectivity index (χ1v) is 8.72. The Morgan fingerprint density at radius 3 is 2.63 bits per heavy atom. The van der Waals surface area contributed by atoms with E-state index in [2.05, 4.69) is 19.9 Å². The second kappa shape index (κ2) is 9.58. The Hall–Kier alpha value is -1.56. The molecule has 139 valence electrons. The van der Waals surface area contributed by atoms with Crippen LogP contribution in [0.1, 0.15) is 30.9 Å². The molecule has 1 atom stereocenters. The maximum absolute atomic E-state index is 12.6. The number of amides is 3. The van der Waals surface area contributed by atoms with Gasteiger partial charge in [-0.1, -0.05) is 26.0 Å². The third-order valence-electron chi connectivity index (χ3n) is 4.55. The van der Waals surface area contributed by atoms with Crippen LogP contribution in [-0.2, 0) is 48.8 Å². The molecule has 6 heteroatoms. The molecular formula is C21H23N2O3Y-. The maximum atomic E-state index is 12.6. The van der Waals surface area contributed by atoms with Crippen LogP contribution in [0.4, 0.5) is 10.5 Å². The Morgan fingerprint density at radius 1 is 1.19 bits per heavy atom. The summed E-state index contributed by atoms with van der Waals surface area (Å²) in [5.74, 6) is 0.0923. The number of ether oxygens (including phenoxy) is 1. The zero-order valence-corrected chi connectivity index (χ0v) is 18.7. The molecule has 1 unspecified atom stereocenters. The molecule has 0 aliphatic carbocycles. The Kier molecular flexibility index (Phi) is 7.72. The van der Waals surface area contributed by atoms with E-state index in [1.54, 1.807) is 0 Å². The van der Waals surface area contributed by atoms with Gasteiger partial charge in [-0.2, -0.15) is 30.3 Å². The number of carbonyl (C=O) groups excluding carboxylic acids is 2. The van der Waals surface area contributed by atoms with Crippen LogP contribution in [0.2, 0.25) is 0 Å². The van der Waals surface area contributed by atoms with E-state index in [1.165, 1.54) is 11.9 Å². The van der Waals surface area contributed by atoms with Crippen LogP contribution in [0.15, 0.2) is 48.5 Å². The monoisotopic (exact) mass is 440 g/mol. The smallest absolute Gasteiger partial charge is 0.331 e. The average molecular weight is 440 g/mol. The number of anilines is 1.